The second kappa shape index (κ2) is 7.78. The number of hydrogen-bond acceptors (Lipinski definition) is 4. The highest BCUT2D eigenvalue weighted by molar-refractivity contribution is 8.00. The van der Waals surface area contributed by atoms with Crippen LogP contribution in [0, 0.1) is 5.92 Å². The Morgan fingerprint density at radius 3 is 2.38 bits per heavy atom. The Kier molecular flexibility index (Phi) is 5.65. The predicted molar refractivity (Wildman–Crippen MR) is 105 cm³/mol. The normalized spacial score (nSPS) is 19.1. The van der Waals surface area contributed by atoms with Gasteiger partial charge in [0.1, 0.15) is 5.75 Å². The molecule has 26 heavy (non-hydrogen) atoms. The Hall–Kier alpha value is -1.89. The lowest BCUT2D eigenvalue weighted by molar-refractivity contribution is -0.137. The number of ether oxygens (including phenoxy) is 1. The highest BCUT2D eigenvalue weighted by Gasteiger charge is 2.47. The number of likely N-dealkylation sites (tertiary alicyclic amines) is 1. The molecule has 0 aromatic heterocycles. The molecule has 0 atom stereocenters. The van der Waals surface area contributed by atoms with Gasteiger partial charge in [0, 0.05) is 37.0 Å². The summed E-state index contributed by atoms with van der Waals surface area (Å²) < 4.78 is 5.13. The zero-order chi connectivity index (χ0) is 18.7. The molecule has 0 aliphatic carbocycles. The summed E-state index contributed by atoms with van der Waals surface area (Å²) in [5.41, 5.74) is 0.753. The highest BCUT2D eigenvalue weighted by atomic mass is 32.2. The van der Waals surface area contributed by atoms with Gasteiger partial charge in [-0.2, -0.15) is 0 Å². The van der Waals surface area contributed by atoms with Gasteiger partial charge < -0.3 is 19.9 Å². The second-order valence-electron chi connectivity index (χ2n) is 7.08. The van der Waals surface area contributed by atoms with Gasteiger partial charge in [-0.15, -0.1) is 11.8 Å². The molecule has 1 aromatic carbocycles. The number of thioether (sulfide) groups is 1. The Balaban J connectivity index is 1.58. The van der Waals surface area contributed by atoms with Crippen molar-refractivity contribution in [2.45, 2.75) is 31.6 Å². The van der Waals surface area contributed by atoms with Gasteiger partial charge in [0.2, 0.25) is 5.91 Å². The average Bonchev–Trinajstić information content (AvgIpc) is 3.05. The molecule has 6 nitrogen and oxygen atoms in total. The van der Waals surface area contributed by atoms with Gasteiger partial charge in [-0.05, 0) is 37.1 Å². The van der Waals surface area contributed by atoms with Gasteiger partial charge in [0.25, 0.3) is 0 Å². The molecule has 2 heterocycles. The van der Waals surface area contributed by atoms with Crippen molar-refractivity contribution in [1.82, 2.24) is 9.80 Å². The summed E-state index contributed by atoms with van der Waals surface area (Å²) in [4.78, 5) is 28.9. The number of hydrogen-bond donors (Lipinski definition) is 1. The largest absolute Gasteiger partial charge is 0.497 e. The van der Waals surface area contributed by atoms with E-state index in [0.29, 0.717) is 13.1 Å². The van der Waals surface area contributed by atoms with Crippen molar-refractivity contribution >= 4 is 29.4 Å². The number of methoxy groups -OCH3 is 1. The molecule has 7 heteroatoms. The molecule has 1 N–H and O–H groups in total. The van der Waals surface area contributed by atoms with Crippen LogP contribution in [0.15, 0.2) is 24.3 Å². The van der Waals surface area contributed by atoms with Crippen molar-refractivity contribution < 1.29 is 14.3 Å². The van der Waals surface area contributed by atoms with Gasteiger partial charge in [-0.25, -0.2) is 4.79 Å². The monoisotopic (exact) mass is 377 g/mol. The summed E-state index contributed by atoms with van der Waals surface area (Å²) in [6, 6.07) is 7.22. The molecule has 1 spiro atoms. The molecular formula is C19H27N3O3S. The summed E-state index contributed by atoms with van der Waals surface area (Å²) in [7, 11) is 1.62. The van der Waals surface area contributed by atoms with E-state index in [9.17, 15) is 9.59 Å². The summed E-state index contributed by atoms with van der Waals surface area (Å²) in [6.45, 7) is 6.06. The maximum absolute atomic E-state index is 12.5. The van der Waals surface area contributed by atoms with E-state index in [0.717, 1.165) is 36.6 Å². The van der Waals surface area contributed by atoms with Crippen LogP contribution in [-0.2, 0) is 4.79 Å². The van der Waals surface area contributed by atoms with Crippen molar-refractivity contribution in [3.63, 3.8) is 0 Å². The van der Waals surface area contributed by atoms with Gasteiger partial charge in [0.15, 0.2) is 0 Å². The van der Waals surface area contributed by atoms with Gasteiger partial charge in [0.05, 0.1) is 12.0 Å². The summed E-state index contributed by atoms with van der Waals surface area (Å²) in [6.07, 6.45) is 1.65. The fourth-order valence-electron chi connectivity index (χ4n) is 3.58. The Morgan fingerprint density at radius 1 is 1.15 bits per heavy atom. The summed E-state index contributed by atoms with van der Waals surface area (Å²) in [5, 5.41) is 2.94. The van der Waals surface area contributed by atoms with E-state index in [1.54, 1.807) is 7.11 Å². The number of rotatable bonds is 3. The molecule has 2 aliphatic heterocycles. The fourth-order valence-corrected chi connectivity index (χ4v) is 5.04. The predicted octanol–water partition coefficient (Wildman–Crippen LogP) is 3.25. The Morgan fingerprint density at radius 2 is 1.81 bits per heavy atom. The van der Waals surface area contributed by atoms with Gasteiger partial charge in [-0.1, -0.05) is 13.8 Å². The summed E-state index contributed by atoms with van der Waals surface area (Å²) in [5.74, 6) is 1.99. The van der Waals surface area contributed by atoms with Gasteiger partial charge >= 0.3 is 6.03 Å². The van der Waals surface area contributed by atoms with Crippen LogP contribution >= 0.6 is 11.8 Å². The molecule has 2 aliphatic rings. The lowest BCUT2D eigenvalue weighted by atomic mass is 10.0. The van der Waals surface area contributed by atoms with E-state index in [1.165, 1.54) is 0 Å². The number of carbonyl (C=O) groups is 2. The SMILES string of the molecule is COc1ccc(NC(=O)N2CCC3(CC2)SCCN3C(=O)C(C)C)cc1. The zero-order valence-corrected chi connectivity index (χ0v) is 16.5. The number of benzene rings is 1. The molecule has 3 amide bonds. The van der Waals surface area contributed by atoms with E-state index in [4.69, 9.17) is 4.74 Å². The third-order valence-electron chi connectivity index (χ3n) is 5.11. The Bertz CT molecular complexity index is 654. The lowest BCUT2D eigenvalue weighted by Gasteiger charge is -2.44. The van der Waals surface area contributed by atoms with Crippen LogP contribution in [0.1, 0.15) is 26.7 Å². The van der Waals surface area contributed by atoms with Crippen molar-refractivity contribution in [3.05, 3.63) is 24.3 Å². The van der Waals surface area contributed by atoms with Crippen molar-refractivity contribution in [2.75, 3.05) is 37.8 Å². The molecule has 142 valence electrons. The maximum Gasteiger partial charge on any atom is 0.321 e. The van der Waals surface area contributed by atoms with Crippen LogP contribution in [0.5, 0.6) is 5.75 Å². The van der Waals surface area contributed by atoms with Crippen LogP contribution in [0.4, 0.5) is 10.5 Å². The average molecular weight is 378 g/mol. The van der Waals surface area contributed by atoms with E-state index in [-0.39, 0.29) is 22.7 Å². The molecule has 0 saturated carbocycles. The number of amides is 3. The zero-order valence-electron chi connectivity index (χ0n) is 15.7. The van der Waals surface area contributed by atoms with Gasteiger partial charge in [-0.3, -0.25) is 4.79 Å². The van der Waals surface area contributed by atoms with E-state index < -0.39 is 0 Å². The molecule has 0 unspecified atom stereocenters. The first-order valence-corrected chi connectivity index (χ1v) is 10.1. The smallest absolute Gasteiger partial charge is 0.321 e. The first kappa shape index (κ1) is 18.9. The minimum atomic E-state index is -0.127. The van der Waals surface area contributed by atoms with E-state index >= 15 is 0 Å². The molecule has 0 bridgehead atoms. The molecule has 2 saturated heterocycles. The number of nitrogens with zero attached hydrogens (tertiary/aromatic N) is 2. The van der Waals surface area contributed by atoms with E-state index in [2.05, 4.69) is 10.2 Å². The van der Waals surface area contributed by atoms with Crippen molar-refractivity contribution in [3.8, 4) is 5.75 Å². The molecule has 1 aromatic rings. The molecule has 2 fully saturated rings. The number of nitrogens with one attached hydrogen (secondary N) is 1. The fraction of sp³-hybridized carbons (Fsp3) is 0.579. The minimum absolute atomic E-state index is 0.0157. The minimum Gasteiger partial charge on any atom is -0.497 e. The first-order chi connectivity index (χ1) is 12.4. The van der Waals surface area contributed by atoms with Crippen LogP contribution < -0.4 is 10.1 Å². The molecule has 3 rings (SSSR count). The highest BCUT2D eigenvalue weighted by Crippen LogP contribution is 2.44. The van der Waals surface area contributed by atoms with Crippen molar-refractivity contribution in [1.29, 1.82) is 0 Å². The summed E-state index contributed by atoms with van der Waals surface area (Å²) >= 11 is 1.87. The molecule has 0 radical (unpaired) electrons. The van der Waals surface area contributed by atoms with Crippen LogP contribution in [0.3, 0.4) is 0 Å². The van der Waals surface area contributed by atoms with E-state index in [1.807, 2.05) is 54.8 Å². The topological polar surface area (TPSA) is 61.9 Å². The Labute approximate surface area is 159 Å². The first-order valence-electron chi connectivity index (χ1n) is 9.10. The van der Waals surface area contributed by atoms with Crippen LogP contribution in [0.2, 0.25) is 0 Å². The number of carbonyl (C=O) groups excluding carboxylic acids is 2. The number of urea groups is 1. The number of piperidine rings is 1. The standard InChI is InChI=1S/C19H27N3O3S/c1-14(2)17(23)22-12-13-26-19(22)8-10-21(11-9-19)18(24)20-15-4-6-16(25-3)7-5-15/h4-7,14H,8-13H2,1-3H3,(H,20,24). The quantitative estimate of drug-likeness (QED) is 0.878. The van der Waals surface area contributed by atoms with Crippen LogP contribution in [0.25, 0.3) is 0 Å². The lowest BCUT2D eigenvalue weighted by Crippen LogP contribution is -2.55. The van der Waals surface area contributed by atoms with Crippen LogP contribution in [-0.4, -0.2) is 59.1 Å². The molecular weight excluding hydrogens is 350 g/mol. The van der Waals surface area contributed by atoms with Crippen molar-refractivity contribution in [2.24, 2.45) is 5.92 Å². The number of anilines is 1. The third kappa shape index (κ3) is 3.77. The third-order valence-corrected chi connectivity index (χ3v) is 6.66. The maximum atomic E-state index is 12.5. The second-order valence-corrected chi connectivity index (χ2v) is 8.54.